The number of aryl methyl sites for hydroxylation is 1. The molecule has 0 atom stereocenters. The number of nitrogens with zero attached hydrogens (tertiary/aromatic N) is 1. The molecule has 0 bridgehead atoms. The zero-order valence-electron chi connectivity index (χ0n) is 16.1. The van der Waals surface area contributed by atoms with Crippen LogP contribution in [0.2, 0.25) is 0 Å². The molecule has 0 spiro atoms. The fourth-order valence-corrected chi connectivity index (χ4v) is 3.26. The number of anilines is 1. The van der Waals surface area contributed by atoms with Gasteiger partial charge in [-0.1, -0.05) is 29.8 Å². The minimum atomic E-state index is -2.67. The lowest BCUT2D eigenvalue weighted by atomic mass is 10.1. The Balaban J connectivity index is 1.64. The molecule has 3 aromatic rings. The molecule has 30 heavy (non-hydrogen) atoms. The molecular formula is C22H19F2N3O2S. The highest BCUT2D eigenvalue weighted by atomic mass is 32.2. The van der Waals surface area contributed by atoms with Gasteiger partial charge in [0.1, 0.15) is 5.03 Å². The zero-order valence-corrected chi connectivity index (χ0v) is 16.9. The summed E-state index contributed by atoms with van der Waals surface area (Å²) in [5.41, 5.74) is 3.03. The van der Waals surface area contributed by atoms with Crippen molar-refractivity contribution in [3.8, 4) is 0 Å². The lowest BCUT2D eigenvalue weighted by Crippen LogP contribution is -2.24. The van der Waals surface area contributed by atoms with Crippen LogP contribution in [-0.4, -0.2) is 22.6 Å². The molecule has 0 saturated carbocycles. The fraction of sp³-hybridized carbons (Fsp3) is 0.136. The summed E-state index contributed by atoms with van der Waals surface area (Å²) in [6, 6.07) is 17.2. The third-order valence-electron chi connectivity index (χ3n) is 4.17. The van der Waals surface area contributed by atoms with Gasteiger partial charge < -0.3 is 10.6 Å². The SMILES string of the molecule is Cc1ccc(C(=O)Nc2cccc(CNC(=O)c3cccnc3SC(F)F)c2)cc1. The van der Waals surface area contributed by atoms with Crippen LogP contribution in [0.4, 0.5) is 14.5 Å². The number of hydrogen-bond acceptors (Lipinski definition) is 4. The summed E-state index contributed by atoms with van der Waals surface area (Å²) in [5, 5.41) is 5.49. The smallest absolute Gasteiger partial charge is 0.290 e. The maximum absolute atomic E-state index is 12.7. The summed E-state index contributed by atoms with van der Waals surface area (Å²) in [6.07, 6.45) is 1.36. The van der Waals surface area contributed by atoms with E-state index in [1.54, 1.807) is 36.4 Å². The van der Waals surface area contributed by atoms with Gasteiger partial charge in [-0.3, -0.25) is 9.59 Å². The van der Waals surface area contributed by atoms with E-state index in [-0.39, 0.29) is 34.8 Å². The molecule has 2 aromatic carbocycles. The minimum Gasteiger partial charge on any atom is -0.348 e. The van der Waals surface area contributed by atoms with Crippen LogP contribution < -0.4 is 10.6 Å². The van der Waals surface area contributed by atoms with Gasteiger partial charge in [0.15, 0.2) is 0 Å². The van der Waals surface area contributed by atoms with E-state index in [0.29, 0.717) is 11.3 Å². The number of pyridine rings is 1. The molecule has 2 N–H and O–H groups in total. The standard InChI is InChI=1S/C22H19F2N3O2S/c1-14-7-9-16(10-8-14)19(28)27-17-5-2-4-15(12-17)13-26-20(29)18-6-3-11-25-21(18)30-22(23)24/h2-12,22H,13H2,1H3,(H,26,29)(H,27,28). The number of rotatable bonds is 7. The van der Waals surface area contributed by atoms with E-state index in [4.69, 9.17) is 0 Å². The van der Waals surface area contributed by atoms with Crippen LogP contribution in [0.3, 0.4) is 0 Å². The van der Waals surface area contributed by atoms with Crippen LogP contribution in [0.15, 0.2) is 71.9 Å². The summed E-state index contributed by atoms with van der Waals surface area (Å²) >= 11 is 0.230. The maximum atomic E-state index is 12.7. The average Bonchev–Trinajstić information content (AvgIpc) is 2.73. The molecule has 3 rings (SSSR count). The molecule has 154 valence electrons. The van der Waals surface area contributed by atoms with Gasteiger partial charge in [0.05, 0.1) is 5.56 Å². The van der Waals surface area contributed by atoms with E-state index in [0.717, 1.165) is 11.1 Å². The van der Waals surface area contributed by atoms with E-state index in [9.17, 15) is 18.4 Å². The van der Waals surface area contributed by atoms with Gasteiger partial charge in [0.2, 0.25) is 0 Å². The van der Waals surface area contributed by atoms with Crippen molar-refractivity contribution in [2.45, 2.75) is 24.3 Å². The number of alkyl halides is 2. The number of carbonyl (C=O) groups excluding carboxylic acids is 2. The Kier molecular flexibility index (Phi) is 7.13. The van der Waals surface area contributed by atoms with E-state index >= 15 is 0 Å². The van der Waals surface area contributed by atoms with Crippen LogP contribution in [0, 0.1) is 6.92 Å². The van der Waals surface area contributed by atoms with Gasteiger partial charge in [-0.05, 0) is 60.6 Å². The van der Waals surface area contributed by atoms with E-state index < -0.39 is 11.7 Å². The minimum absolute atomic E-state index is 0.0240. The molecule has 1 aromatic heterocycles. The first-order valence-electron chi connectivity index (χ1n) is 9.07. The summed E-state index contributed by atoms with van der Waals surface area (Å²) in [6.45, 7) is 2.11. The van der Waals surface area contributed by atoms with Gasteiger partial charge in [-0.2, -0.15) is 8.78 Å². The molecule has 0 aliphatic rings. The fourth-order valence-electron chi connectivity index (χ4n) is 2.69. The van der Waals surface area contributed by atoms with E-state index in [1.807, 2.05) is 19.1 Å². The lowest BCUT2D eigenvalue weighted by molar-refractivity contribution is 0.0946. The quantitative estimate of drug-likeness (QED) is 0.527. The van der Waals surface area contributed by atoms with Crippen LogP contribution in [-0.2, 0) is 6.54 Å². The van der Waals surface area contributed by atoms with Crippen LogP contribution in [0.1, 0.15) is 31.8 Å². The predicted octanol–water partition coefficient (Wildman–Crippen LogP) is 4.89. The highest BCUT2D eigenvalue weighted by Crippen LogP contribution is 2.26. The first-order valence-corrected chi connectivity index (χ1v) is 9.95. The highest BCUT2D eigenvalue weighted by Gasteiger charge is 2.16. The van der Waals surface area contributed by atoms with Gasteiger partial charge in [-0.25, -0.2) is 4.98 Å². The number of carbonyl (C=O) groups is 2. The summed E-state index contributed by atoms with van der Waals surface area (Å²) in [7, 11) is 0. The van der Waals surface area contributed by atoms with E-state index in [2.05, 4.69) is 15.6 Å². The molecule has 0 saturated heterocycles. The number of hydrogen-bond donors (Lipinski definition) is 2. The second kappa shape index (κ2) is 9.98. The van der Waals surface area contributed by atoms with Crippen molar-refractivity contribution in [1.29, 1.82) is 0 Å². The van der Waals surface area contributed by atoms with E-state index in [1.165, 1.54) is 18.3 Å². The Labute approximate surface area is 176 Å². The molecule has 8 heteroatoms. The second-order valence-corrected chi connectivity index (χ2v) is 7.42. The van der Waals surface area contributed by atoms with Crippen molar-refractivity contribution in [2.75, 3.05) is 5.32 Å². The summed E-state index contributed by atoms with van der Waals surface area (Å²) < 4.78 is 25.3. The summed E-state index contributed by atoms with van der Waals surface area (Å²) in [5.74, 6) is -3.40. The van der Waals surface area contributed by atoms with Crippen molar-refractivity contribution in [3.05, 3.63) is 89.1 Å². The summed E-state index contributed by atoms with van der Waals surface area (Å²) in [4.78, 5) is 28.6. The predicted molar refractivity (Wildman–Crippen MR) is 113 cm³/mol. The van der Waals surface area contributed by atoms with Crippen molar-refractivity contribution < 1.29 is 18.4 Å². The molecular weight excluding hydrogens is 408 g/mol. The number of amides is 2. The van der Waals surface area contributed by atoms with Gasteiger partial charge >= 0.3 is 0 Å². The van der Waals surface area contributed by atoms with Crippen LogP contribution in [0.25, 0.3) is 0 Å². The normalized spacial score (nSPS) is 10.7. The Morgan fingerprint density at radius 3 is 2.53 bits per heavy atom. The third-order valence-corrected chi connectivity index (χ3v) is 4.89. The first-order chi connectivity index (χ1) is 14.4. The van der Waals surface area contributed by atoms with Crippen molar-refractivity contribution in [1.82, 2.24) is 10.3 Å². The first kappa shape index (κ1) is 21.4. The van der Waals surface area contributed by atoms with Gasteiger partial charge in [0, 0.05) is 24.0 Å². The van der Waals surface area contributed by atoms with Gasteiger partial charge in [-0.15, -0.1) is 0 Å². The molecule has 0 radical (unpaired) electrons. The number of nitrogens with one attached hydrogen (secondary N) is 2. The number of aromatic nitrogens is 1. The third kappa shape index (κ3) is 5.87. The van der Waals surface area contributed by atoms with Gasteiger partial charge in [0.25, 0.3) is 17.6 Å². The molecule has 0 aliphatic carbocycles. The van der Waals surface area contributed by atoms with Crippen molar-refractivity contribution >= 4 is 29.3 Å². The Morgan fingerprint density at radius 1 is 1.03 bits per heavy atom. The van der Waals surface area contributed by atoms with Crippen molar-refractivity contribution in [3.63, 3.8) is 0 Å². The number of benzene rings is 2. The zero-order chi connectivity index (χ0) is 21.5. The Hall–Kier alpha value is -3.26. The van der Waals surface area contributed by atoms with Crippen molar-refractivity contribution in [2.24, 2.45) is 0 Å². The number of thioether (sulfide) groups is 1. The monoisotopic (exact) mass is 427 g/mol. The molecule has 0 fully saturated rings. The lowest BCUT2D eigenvalue weighted by Gasteiger charge is -2.10. The maximum Gasteiger partial charge on any atom is 0.290 e. The average molecular weight is 427 g/mol. The highest BCUT2D eigenvalue weighted by molar-refractivity contribution is 7.99. The number of halogens is 2. The molecule has 1 heterocycles. The molecule has 0 aliphatic heterocycles. The molecule has 0 unspecified atom stereocenters. The molecule has 2 amide bonds. The molecule has 5 nitrogen and oxygen atoms in total. The second-order valence-electron chi connectivity index (χ2n) is 6.44. The Bertz CT molecular complexity index is 1040. The Morgan fingerprint density at radius 2 is 1.80 bits per heavy atom. The van der Waals surface area contributed by atoms with Crippen LogP contribution in [0.5, 0.6) is 0 Å². The topological polar surface area (TPSA) is 71.1 Å². The largest absolute Gasteiger partial charge is 0.348 e. The van der Waals surface area contributed by atoms with Crippen LogP contribution >= 0.6 is 11.8 Å².